The molecule has 0 aliphatic carbocycles. The quantitative estimate of drug-likeness (QED) is 0.262. The molecule has 0 saturated carbocycles. The molecule has 0 aliphatic rings. The van der Waals surface area contributed by atoms with Gasteiger partial charge >= 0.3 is 0 Å². The van der Waals surface area contributed by atoms with Crippen LogP contribution in [0.4, 0.5) is 0 Å². The summed E-state index contributed by atoms with van der Waals surface area (Å²) < 4.78 is 0. The van der Waals surface area contributed by atoms with E-state index < -0.39 is 0 Å². The molecule has 0 fully saturated rings. The second-order valence-corrected chi connectivity index (χ2v) is 0.118. The number of nitrogens with two attached hydrogens (primary N) is 1. The van der Waals surface area contributed by atoms with Gasteiger partial charge in [0.25, 0.3) is 0 Å². The van der Waals surface area contributed by atoms with E-state index in [4.69, 9.17) is 4.79 Å². The molecule has 0 unspecified atom stereocenters. The Labute approximate surface area is 38.6 Å². The smallest absolute Gasteiger partial charge is 0 e. The predicted octanol–water partition coefficient (Wildman–Crippen LogP) is -0.990. The van der Waals surface area contributed by atoms with Gasteiger partial charge in [-0.2, -0.15) is 6.41 Å². The molecule has 0 aromatic heterocycles. The first-order valence-corrected chi connectivity index (χ1v) is 0.493. The Kier molecular flexibility index (Phi) is 24.4. The summed E-state index contributed by atoms with van der Waals surface area (Å²) in [5.74, 6) is 0. The summed E-state index contributed by atoms with van der Waals surface area (Å²) in [5.41, 5.74) is 4.04. The van der Waals surface area contributed by atoms with Gasteiger partial charge in [-0.15, -0.1) is 0 Å². The summed E-state index contributed by atoms with van der Waals surface area (Å²) in [6.45, 7) is 0. The Morgan fingerprint density at radius 3 is 1.75 bits per heavy atom. The molecular weight excluding hydrogens is 138 g/mol. The van der Waals surface area contributed by atoms with E-state index in [-0.39, 0.29) is 21.1 Å². The van der Waals surface area contributed by atoms with Gasteiger partial charge in [-0.3, -0.25) is 0 Å². The molecule has 0 aromatic rings. The summed E-state index contributed by atoms with van der Waals surface area (Å²) in [5, 5.41) is 0. The molecule has 0 bridgehead atoms. The number of hydrogen-bond acceptors (Lipinski definition) is 1. The Morgan fingerprint density at radius 2 is 1.75 bits per heavy atom. The van der Waals surface area contributed by atoms with Crippen molar-refractivity contribution in [2.75, 3.05) is 0 Å². The van der Waals surface area contributed by atoms with Gasteiger partial charge in [-0.25, -0.2) is 0 Å². The molecule has 0 aliphatic heterocycles. The van der Waals surface area contributed by atoms with Crippen LogP contribution in [0.5, 0.6) is 0 Å². The molecule has 0 saturated heterocycles. The fraction of sp³-hybridized carbons (Fsp3) is 0. The van der Waals surface area contributed by atoms with Crippen molar-refractivity contribution >= 4 is 6.41 Å². The third kappa shape index (κ3) is 116. The molecule has 0 radical (unpaired) electrons. The Bertz CT molecular complexity index is 15.5. The fourth-order valence-electron chi connectivity index (χ4n) is 0. The van der Waals surface area contributed by atoms with Crippen LogP contribution in [0.2, 0.25) is 0 Å². The molecular formula is CH2MoNO-. The minimum absolute atomic E-state index is 0. The van der Waals surface area contributed by atoms with Crippen LogP contribution in [0.1, 0.15) is 0 Å². The van der Waals surface area contributed by atoms with E-state index in [9.17, 15) is 0 Å². The summed E-state index contributed by atoms with van der Waals surface area (Å²) in [6.07, 6.45) is 1.00. The van der Waals surface area contributed by atoms with E-state index in [2.05, 4.69) is 5.73 Å². The Balaban J connectivity index is 0. The zero-order valence-electron chi connectivity index (χ0n) is 1.89. The number of hydrogen-bond donors (Lipinski definition) is 1. The van der Waals surface area contributed by atoms with Crippen LogP contribution in [0, 0.1) is 0 Å². The van der Waals surface area contributed by atoms with Crippen molar-refractivity contribution in [2.24, 2.45) is 5.73 Å². The van der Waals surface area contributed by atoms with Gasteiger partial charge in [-0.05, 0) is 0 Å². The first-order chi connectivity index (χ1) is 1.41. The van der Waals surface area contributed by atoms with E-state index >= 15 is 0 Å². The van der Waals surface area contributed by atoms with E-state index in [0.29, 0.717) is 0 Å². The van der Waals surface area contributed by atoms with Crippen molar-refractivity contribution in [3.05, 3.63) is 0 Å². The normalized spacial score (nSPS) is 3.00. The SMILES string of the molecule is N[C-]=O.[Mo]. The zero-order valence-corrected chi connectivity index (χ0v) is 3.90. The topological polar surface area (TPSA) is 43.1 Å². The van der Waals surface area contributed by atoms with Crippen LogP contribution < -0.4 is 5.73 Å². The second kappa shape index (κ2) is 11.0. The van der Waals surface area contributed by atoms with Crippen LogP contribution in [-0.4, -0.2) is 6.41 Å². The Hall–Kier alpha value is 0.158. The molecule has 4 heavy (non-hydrogen) atoms. The number of rotatable bonds is 0. The molecule has 0 atom stereocenters. The minimum atomic E-state index is 0. The summed E-state index contributed by atoms with van der Waals surface area (Å²) in [7, 11) is 0. The second-order valence-electron chi connectivity index (χ2n) is 0.118. The summed E-state index contributed by atoms with van der Waals surface area (Å²) in [4.78, 5) is 8.46. The van der Waals surface area contributed by atoms with Crippen LogP contribution in [-0.2, 0) is 25.9 Å². The van der Waals surface area contributed by atoms with E-state index in [0.717, 1.165) is 6.41 Å². The summed E-state index contributed by atoms with van der Waals surface area (Å²) in [6, 6.07) is 0. The maximum Gasteiger partial charge on any atom is 0 e. The van der Waals surface area contributed by atoms with E-state index in [1.165, 1.54) is 0 Å². The number of carbonyl (C=O) groups excluding carboxylic acids is 1. The molecule has 2 nitrogen and oxygen atoms in total. The molecule has 1 amide bonds. The number of primary amides is 1. The van der Waals surface area contributed by atoms with Gasteiger partial charge in [0.2, 0.25) is 0 Å². The van der Waals surface area contributed by atoms with Crippen molar-refractivity contribution in [1.82, 2.24) is 0 Å². The standard InChI is InChI=1S/CH2NO.Mo/c2-1-3;/h(H2,2,3);/q-1;. The van der Waals surface area contributed by atoms with Crippen molar-refractivity contribution in [3.8, 4) is 0 Å². The predicted molar refractivity (Wildman–Crippen MR) is 9.88 cm³/mol. The average molecular weight is 140 g/mol. The monoisotopic (exact) mass is 142 g/mol. The van der Waals surface area contributed by atoms with Crippen LogP contribution >= 0.6 is 0 Å². The van der Waals surface area contributed by atoms with Gasteiger partial charge in [-0.1, -0.05) is 0 Å². The molecule has 2 N–H and O–H groups in total. The first kappa shape index (κ1) is 8.90. The third-order valence-electron chi connectivity index (χ3n) is 0. The number of amides is 1. The van der Waals surface area contributed by atoms with Crippen LogP contribution in [0.25, 0.3) is 0 Å². The van der Waals surface area contributed by atoms with E-state index in [1.54, 1.807) is 0 Å². The molecule has 3 heteroatoms. The average Bonchev–Trinajstić information content (AvgIpc) is 0.918. The van der Waals surface area contributed by atoms with Gasteiger partial charge < -0.3 is 10.5 Å². The molecule has 24 valence electrons. The Morgan fingerprint density at radius 1 is 1.75 bits per heavy atom. The van der Waals surface area contributed by atoms with Gasteiger partial charge in [0, 0.05) is 21.1 Å². The first-order valence-electron chi connectivity index (χ1n) is 0.493. The third-order valence-corrected chi connectivity index (χ3v) is 0. The van der Waals surface area contributed by atoms with E-state index in [1.807, 2.05) is 0 Å². The van der Waals surface area contributed by atoms with Crippen LogP contribution in [0.15, 0.2) is 0 Å². The summed E-state index contributed by atoms with van der Waals surface area (Å²) >= 11 is 0. The molecule has 0 heterocycles. The fourth-order valence-corrected chi connectivity index (χ4v) is 0. The molecule has 0 spiro atoms. The van der Waals surface area contributed by atoms with Crippen molar-refractivity contribution in [1.29, 1.82) is 0 Å². The maximum absolute atomic E-state index is 8.46. The van der Waals surface area contributed by atoms with Crippen LogP contribution in [0.3, 0.4) is 0 Å². The molecule has 0 rings (SSSR count). The minimum Gasteiger partial charge on any atom is -0.543 e. The van der Waals surface area contributed by atoms with Gasteiger partial charge in [0.1, 0.15) is 0 Å². The maximum atomic E-state index is 8.46. The van der Waals surface area contributed by atoms with Gasteiger partial charge in [0.15, 0.2) is 0 Å². The molecule has 0 aromatic carbocycles. The van der Waals surface area contributed by atoms with Gasteiger partial charge in [0.05, 0.1) is 0 Å². The van der Waals surface area contributed by atoms with Crippen molar-refractivity contribution in [3.63, 3.8) is 0 Å². The zero-order chi connectivity index (χ0) is 2.71. The van der Waals surface area contributed by atoms with Crippen molar-refractivity contribution in [2.45, 2.75) is 0 Å². The van der Waals surface area contributed by atoms with Crippen molar-refractivity contribution < 1.29 is 25.9 Å². The largest absolute Gasteiger partial charge is 0.543 e.